The molecule has 5 aliphatic rings. The van der Waals surface area contributed by atoms with Gasteiger partial charge in [0.05, 0.1) is 11.1 Å². The number of hydrogen-bond acceptors (Lipinski definition) is 3. The van der Waals surface area contributed by atoms with Gasteiger partial charge in [0.1, 0.15) is 11.5 Å². The number of hydrogen-bond donors (Lipinski definition) is 0. The lowest BCUT2D eigenvalue weighted by Gasteiger charge is -2.23. The lowest BCUT2D eigenvalue weighted by molar-refractivity contribution is 0.0693. The molecule has 2 amide bonds. The predicted octanol–water partition coefficient (Wildman–Crippen LogP) is 8.99. The average molecular weight is 604 g/mol. The summed E-state index contributed by atoms with van der Waals surface area (Å²) in [7, 11) is 1.51. The van der Waals surface area contributed by atoms with Gasteiger partial charge in [-0.15, -0.1) is 6.58 Å². The van der Waals surface area contributed by atoms with Crippen molar-refractivity contribution in [3.8, 4) is 16.9 Å². The van der Waals surface area contributed by atoms with Gasteiger partial charge in [-0.2, -0.15) is 0 Å². The van der Waals surface area contributed by atoms with Crippen LogP contribution in [0.1, 0.15) is 58.5 Å². The lowest BCUT2D eigenvalue weighted by atomic mass is 9.80. The molecule has 4 atom stereocenters. The van der Waals surface area contributed by atoms with Crippen LogP contribution in [0, 0.1) is 23.2 Å². The Kier molecular flexibility index (Phi) is 6.37. The van der Waals surface area contributed by atoms with Crippen LogP contribution in [0.2, 0.25) is 0 Å². The van der Waals surface area contributed by atoms with Gasteiger partial charge in [-0.3, -0.25) is 14.5 Å². The maximum absolute atomic E-state index is 12.6. The highest BCUT2D eigenvalue weighted by Gasteiger charge is 2.44. The summed E-state index contributed by atoms with van der Waals surface area (Å²) in [4.78, 5) is 26.1. The first kappa shape index (κ1) is 28.5. The molecule has 2 bridgehead atoms. The molecule has 228 valence electrons. The highest BCUT2D eigenvalue weighted by molar-refractivity contribution is 6.21. The number of rotatable bonds is 6. The highest BCUT2D eigenvalue weighted by atomic mass is 16.5. The van der Waals surface area contributed by atoms with Gasteiger partial charge in [-0.05, 0) is 83.4 Å². The van der Waals surface area contributed by atoms with Gasteiger partial charge < -0.3 is 4.74 Å². The van der Waals surface area contributed by atoms with Crippen molar-refractivity contribution in [1.29, 1.82) is 0 Å². The van der Waals surface area contributed by atoms with Crippen LogP contribution in [0.5, 0.6) is 5.75 Å². The maximum Gasteiger partial charge on any atom is 0.261 e. The number of fused-ring (bicyclic) bond motifs is 7. The zero-order valence-corrected chi connectivity index (χ0v) is 26.5. The van der Waals surface area contributed by atoms with Crippen molar-refractivity contribution in [3.63, 3.8) is 0 Å². The Hall–Kier alpha value is -4.96. The van der Waals surface area contributed by atoms with Gasteiger partial charge in [-0.1, -0.05) is 98.0 Å². The zero-order valence-electron chi connectivity index (χ0n) is 26.5. The zero-order chi connectivity index (χ0) is 31.8. The SMILES string of the molecule is C=CC1(C)CC(/C=C\C=C\C2(C)c3ccccc3-c3ccccc32)C2=CC3CC(C=C3Oc3ccc4c(c3)C(=O)N(C)C4=O)C=C21. The van der Waals surface area contributed by atoms with E-state index in [2.05, 4.69) is 118 Å². The Morgan fingerprint density at radius 3 is 2.26 bits per heavy atom. The van der Waals surface area contributed by atoms with Crippen molar-refractivity contribution in [2.75, 3.05) is 7.05 Å². The number of carbonyl (C=O) groups excluding carboxylic acids is 2. The topological polar surface area (TPSA) is 46.6 Å². The number of amides is 2. The second kappa shape index (κ2) is 10.3. The van der Waals surface area contributed by atoms with Crippen LogP contribution in [-0.2, 0) is 5.41 Å². The average Bonchev–Trinajstić information content (AvgIpc) is 3.66. The van der Waals surface area contributed by atoms with E-state index >= 15 is 0 Å². The molecule has 1 heterocycles. The van der Waals surface area contributed by atoms with E-state index in [1.54, 1.807) is 18.2 Å². The lowest BCUT2D eigenvalue weighted by Crippen LogP contribution is -2.24. The van der Waals surface area contributed by atoms with E-state index in [1.165, 1.54) is 40.4 Å². The minimum Gasteiger partial charge on any atom is -0.461 e. The van der Waals surface area contributed by atoms with E-state index in [-0.39, 0.29) is 40.4 Å². The number of allylic oxidation sites excluding steroid dienone is 10. The summed E-state index contributed by atoms with van der Waals surface area (Å²) in [5.74, 6) is 1.58. The summed E-state index contributed by atoms with van der Waals surface area (Å²) in [5, 5.41) is 0. The van der Waals surface area contributed by atoms with Crippen molar-refractivity contribution >= 4 is 11.8 Å². The Morgan fingerprint density at radius 1 is 0.848 bits per heavy atom. The first-order valence-corrected chi connectivity index (χ1v) is 16.2. The van der Waals surface area contributed by atoms with Gasteiger partial charge in [0, 0.05) is 29.7 Å². The molecule has 8 rings (SSSR count). The molecule has 0 aromatic heterocycles. The Bertz CT molecular complexity index is 1960. The fourth-order valence-corrected chi connectivity index (χ4v) is 8.34. The van der Waals surface area contributed by atoms with Crippen molar-refractivity contribution in [3.05, 3.63) is 161 Å². The van der Waals surface area contributed by atoms with Gasteiger partial charge in [-0.25, -0.2) is 0 Å². The first-order chi connectivity index (χ1) is 22.2. The summed E-state index contributed by atoms with van der Waals surface area (Å²) in [6.45, 7) is 8.87. The summed E-state index contributed by atoms with van der Waals surface area (Å²) < 4.78 is 6.43. The maximum atomic E-state index is 12.6. The third-order valence-corrected chi connectivity index (χ3v) is 10.9. The monoisotopic (exact) mass is 603 g/mol. The molecule has 3 aromatic carbocycles. The van der Waals surface area contributed by atoms with Crippen molar-refractivity contribution in [2.24, 2.45) is 23.2 Å². The van der Waals surface area contributed by atoms with Crippen molar-refractivity contribution in [1.82, 2.24) is 4.90 Å². The second-order valence-corrected chi connectivity index (χ2v) is 13.7. The molecule has 3 aromatic rings. The summed E-state index contributed by atoms with van der Waals surface area (Å²) >= 11 is 0. The number of carbonyl (C=O) groups is 2. The fourth-order valence-electron chi connectivity index (χ4n) is 8.34. The largest absolute Gasteiger partial charge is 0.461 e. The van der Waals surface area contributed by atoms with Crippen LogP contribution in [0.4, 0.5) is 0 Å². The first-order valence-electron chi connectivity index (χ1n) is 16.2. The molecular formula is C42H37NO3. The predicted molar refractivity (Wildman–Crippen MR) is 182 cm³/mol. The molecule has 4 aliphatic carbocycles. The van der Waals surface area contributed by atoms with Crippen LogP contribution in [0.15, 0.2) is 139 Å². The minimum atomic E-state index is -0.287. The quantitative estimate of drug-likeness (QED) is 0.161. The van der Waals surface area contributed by atoms with E-state index in [1.807, 2.05) is 0 Å². The highest BCUT2D eigenvalue weighted by Crippen LogP contribution is 2.55. The van der Waals surface area contributed by atoms with Crippen LogP contribution < -0.4 is 4.74 Å². The van der Waals surface area contributed by atoms with Gasteiger partial charge in [0.2, 0.25) is 0 Å². The fraction of sp³-hybridized carbons (Fsp3) is 0.238. The molecule has 46 heavy (non-hydrogen) atoms. The van der Waals surface area contributed by atoms with Crippen LogP contribution in [-0.4, -0.2) is 23.8 Å². The molecule has 4 nitrogen and oxygen atoms in total. The van der Waals surface area contributed by atoms with E-state index in [0.717, 1.165) is 23.5 Å². The van der Waals surface area contributed by atoms with Gasteiger partial charge >= 0.3 is 0 Å². The molecule has 0 radical (unpaired) electrons. The standard InChI is InChI=1S/C42H37NO3/c1-5-41(2)25-27(12-10-11-19-42(3)35-15-8-6-13-30(35)31-14-7-9-16-36(31)42)33-23-28-20-26(21-37(33)41)22-38(28)46-29-17-18-32-34(24-29)40(45)43(4)39(32)44/h5-19,21-24,26-28H,1,20,25H2,2-4H3/b12-10-,19-11+. The molecule has 1 fully saturated rings. The molecular weight excluding hydrogens is 566 g/mol. The number of ether oxygens (including phenoxy) is 1. The molecule has 1 aliphatic heterocycles. The minimum absolute atomic E-state index is 0.0991. The van der Waals surface area contributed by atoms with E-state index in [0.29, 0.717) is 16.9 Å². The summed E-state index contributed by atoms with van der Waals surface area (Å²) in [6.07, 6.45) is 20.2. The van der Waals surface area contributed by atoms with Gasteiger partial charge in [0.15, 0.2) is 0 Å². The molecule has 4 unspecified atom stereocenters. The van der Waals surface area contributed by atoms with Crippen molar-refractivity contribution < 1.29 is 14.3 Å². The Labute approximate surface area is 270 Å². The number of nitrogens with zero attached hydrogens (tertiary/aromatic N) is 1. The normalized spacial score (nSPS) is 26.8. The molecule has 0 spiro atoms. The Morgan fingerprint density at radius 2 is 1.54 bits per heavy atom. The second-order valence-electron chi connectivity index (χ2n) is 13.7. The molecule has 0 N–H and O–H groups in total. The van der Waals surface area contributed by atoms with E-state index in [4.69, 9.17) is 4.74 Å². The van der Waals surface area contributed by atoms with E-state index in [9.17, 15) is 9.59 Å². The summed E-state index contributed by atoms with van der Waals surface area (Å²) in [5.41, 5.74) is 8.61. The third-order valence-electron chi connectivity index (χ3n) is 10.9. The van der Waals surface area contributed by atoms with Crippen LogP contribution >= 0.6 is 0 Å². The van der Waals surface area contributed by atoms with Gasteiger partial charge in [0.25, 0.3) is 11.8 Å². The van der Waals surface area contributed by atoms with Crippen molar-refractivity contribution in [2.45, 2.75) is 32.1 Å². The summed E-state index contributed by atoms with van der Waals surface area (Å²) in [6, 6.07) is 22.7. The molecule has 0 saturated heterocycles. The smallest absolute Gasteiger partial charge is 0.261 e. The van der Waals surface area contributed by atoms with Crippen LogP contribution in [0.25, 0.3) is 11.1 Å². The number of benzene rings is 3. The molecule has 4 heteroatoms. The molecule has 1 saturated carbocycles. The van der Waals surface area contributed by atoms with Crippen LogP contribution in [0.3, 0.4) is 0 Å². The third kappa shape index (κ3) is 4.20. The Balaban J connectivity index is 1.07. The number of imide groups is 1. The van der Waals surface area contributed by atoms with E-state index < -0.39 is 0 Å².